The molecule has 0 aliphatic heterocycles. The third-order valence-electron chi connectivity index (χ3n) is 2.11. The van der Waals surface area contributed by atoms with Crippen LogP contribution in [0.1, 0.15) is 33.6 Å². The first-order chi connectivity index (χ1) is 7.06. The van der Waals surface area contributed by atoms with Gasteiger partial charge in [0.2, 0.25) is 5.91 Å². The van der Waals surface area contributed by atoms with Crippen LogP contribution in [-0.2, 0) is 4.79 Å². The van der Waals surface area contributed by atoms with E-state index in [0.717, 1.165) is 26.1 Å². The van der Waals surface area contributed by atoms with E-state index in [4.69, 9.17) is 0 Å². The zero-order valence-corrected chi connectivity index (χ0v) is 10.2. The van der Waals surface area contributed by atoms with Crippen LogP contribution in [0.25, 0.3) is 0 Å². The smallest absolute Gasteiger partial charge is 0.221 e. The molecule has 0 rings (SSSR count). The van der Waals surface area contributed by atoms with E-state index in [9.17, 15) is 4.79 Å². The predicted octanol–water partition coefficient (Wildman–Crippen LogP) is 1.70. The summed E-state index contributed by atoms with van der Waals surface area (Å²) >= 11 is 0. The van der Waals surface area contributed by atoms with Crippen molar-refractivity contribution in [1.29, 1.82) is 0 Å². The molecule has 3 nitrogen and oxygen atoms in total. The Hall–Kier alpha value is -0.830. The molecule has 0 aliphatic carbocycles. The highest BCUT2D eigenvalue weighted by atomic mass is 16.1. The lowest BCUT2D eigenvalue weighted by atomic mass is 10.2. The van der Waals surface area contributed by atoms with Crippen LogP contribution < -0.4 is 10.6 Å². The Morgan fingerprint density at radius 1 is 1.40 bits per heavy atom. The van der Waals surface area contributed by atoms with Crippen LogP contribution >= 0.6 is 0 Å². The van der Waals surface area contributed by atoms with Crippen molar-refractivity contribution < 1.29 is 4.79 Å². The summed E-state index contributed by atoms with van der Waals surface area (Å²) in [6, 6.07) is 0. The minimum atomic E-state index is 0.123. The molecule has 2 N–H and O–H groups in total. The van der Waals surface area contributed by atoms with E-state index < -0.39 is 0 Å². The van der Waals surface area contributed by atoms with E-state index in [1.54, 1.807) is 0 Å². The van der Waals surface area contributed by atoms with Crippen LogP contribution in [0.3, 0.4) is 0 Å². The third-order valence-corrected chi connectivity index (χ3v) is 2.11. The molecule has 15 heavy (non-hydrogen) atoms. The van der Waals surface area contributed by atoms with Crippen LogP contribution in [0, 0.1) is 5.92 Å². The van der Waals surface area contributed by atoms with Crippen molar-refractivity contribution in [2.45, 2.75) is 33.6 Å². The summed E-state index contributed by atoms with van der Waals surface area (Å²) in [5.74, 6) is 0.639. The molecule has 0 spiro atoms. The molecule has 88 valence electrons. The standard InChI is InChI=1S/C12H24N2O/c1-5-11(4)9-13-7-6-12(15)14-8-10(2)3/h10,13H,4-9H2,1-3H3,(H,14,15). The van der Waals surface area contributed by atoms with Crippen LogP contribution in [-0.4, -0.2) is 25.5 Å². The maximum atomic E-state index is 11.3. The van der Waals surface area contributed by atoms with Crippen LogP contribution in [0.2, 0.25) is 0 Å². The summed E-state index contributed by atoms with van der Waals surface area (Å²) in [5.41, 5.74) is 1.18. The summed E-state index contributed by atoms with van der Waals surface area (Å²) in [6.07, 6.45) is 1.54. The summed E-state index contributed by atoms with van der Waals surface area (Å²) in [7, 11) is 0. The van der Waals surface area contributed by atoms with E-state index in [2.05, 4.69) is 38.0 Å². The molecule has 0 aliphatic rings. The van der Waals surface area contributed by atoms with E-state index in [1.165, 1.54) is 5.57 Å². The van der Waals surface area contributed by atoms with Crippen molar-refractivity contribution in [2.75, 3.05) is 19.6 Å². The molecule has 0 aromatic rings. The first-order valence-corrected chi connectivity index (χ1v) is 5.70. The molecular weight excluding hydrogens is 188 g/mol. The van der Waals surface area contributed by atoms with Crippen LogP contribution in [0.15, 0.2) is 12.2 Å². The van der Waals surface area contributed by atoms with Gasteiger partial charge in [0.15, 0.2) is 0 Å². The van der Waals surface area contributed by atoms with Crippen LogP contribution in [0.5, 0.6) is 0 Å². The van der Waals surface area contributed by atoms with Gasteiger partial charge < -0.3 is 10.6 Å². The maximum absolute atomic E-state index is 11.3. The molecule has 0 atom stereocenters. The predicted molar refractivity (Wildman–Crippen MR) is 64.8 cm³/mol. The van der Waals surface area contributed by atoms with Gasteiger partial charge in [0.25, 0.3) is 0 Å². The minimum absolute atomic E-state index is 0.123. The number of carbonyl (C=O) groups excluding carboxylic acids is 1. The maximum Gasteiger partial charge on any atom is 0.221 e. The number of rotatable bonds is 8. The zero-order chi connectivity index (χ0) is 11.7. The molecule has 0 aromatic carbocycles. The lowest BCUT2D eigenvalue weighted by Crippen LogP contribution is -2.30. The molecule has 1 amide bonds. The Morgan fingerprint density at radius 2 is 2.07 bits per heavy atom. The fraction of sp³-hybridized carbons (Fsp3) is 0.750. The van der Waals surface area contributed by atoms with Crippen LogP contribution in [0.4, 0.5) is 0 Å². The normalized spacial score (nSPS) is 10.4. The second-order valence-corrected chi connectivity index (χ2v) is 4.23. The highest BCUT2D eigenvalue weighted by Crippen LogP contribution is 1.92. The van der Waals surface area contributed by atoms with Gasteiger partial charge in [-0.15, -0.1) is 0 Å². The van der Waals surface area contributed by atoms with Gasteiger partial charge in [-0.3, -0.25) is 4.79 Å². The van der Waals surface area contributed by atoms with Crippen molar-refractivity contribution in [3.8, 4) is 0 Å². The van der Waals surface area contributed by atoms with E-state index in [1.807, 2.05) is 0 Å². The van der Waals surface area contributed by atoms with Gasteiger partial charge in [-0.1, -0.05) is 32.9 Å². The van der Waals surface area contributed by atoms with Crippen molar-refractivity contribution in [3.63, 3.8) is 0 Å². The molecule has 0 saturated carbocycles. The molecule has 0 aromatic heterocycles. The van der Waals surface area contributed by atoms with Crippen molar-refractivity contribution >= 4 is 5.91 Å². The molecule has 0 bridgehead atoms. The number of hydrogen-bond donors (Lipinski definition) is 2. The van der Waals surface area contributed by atoms with Gasteiger partial charge in [-0.05, 0) is 12.3 Å². The molecule has 0 heterocycles. The first-order valence-electron chi connectivity index (χ1n) is 5.70. The zero-order valence-electron chi connectivity index (χ0n) is 10.2. The molecule has 0 radical (unpaired) electrons. The molecule has 3 heteroatoms. The van der Waals surface area contributed by atoms with E-state index in [-0.39, 0.29) is 5.91 Å². The number of carbonyl (C=O) groups is 1. The molecule has 0 saturated heterocycles. The molecule has 0 fully saturated rings. The van der Waals surface area contributed by atoms with Gasteiger partial charge in [0.05, 0.1) is 0 Å². The summed E-state index contributed by atoms with van der Waals surface area (Å²) in [4.78, 5) is 11.3. The number of amides is 1. The highest BCUT2D eigenvalue weighted by Gasteiger charge is 2.01. The SMILES string of the molecule is C=C(CC)CNCCC(=O)NCC(C)C. The van der Waals surface area contributed by atoms with Gasteiger partial charge in [-0.2, -0.15) is 0 Å². The van der Waals surface area contributed by atoms with E-state index in [0.29, 0.717) is 12.3 Å². The largest absolute Gasteiger partial charge is 0.356 e. The average molecular weight is 212 g/mol. The van der Waals surface area contributed by atoms with Gasteiger partial charge >= 0.3 is 0 Å². The highest BCUT2D eigenvalue weighted by molar-refractivity contribution is 5.76. The summed E-state index contributed by atoms with van der Waals surface area (Å²) < 4.78 is 0. The second-order valence-electron chi connectivity index (χ2n) is 4.23. The lowest BCUT2D eigenvalue weighted by Gasteiger charge is -2.08. The topological polar surface area (TPSA) is 41.1 Å². The minimum Gasteiger partial charge on any atom is -0.356 e. The Kier molecular flexibility index (Phi) is 8.01. The fourth-order valence-electron chi connectivity index (χ4n) is 0.998. The molecular formula is C12H24N2O. The monoisotopic (exact) mass is 212 g/mol. The molecule has 0 unspecified atom stereocenters. The second kappa shape index (κ2) is 8.48. The quantitative estimate of drug-likeness (QED) is 0.475. The number of nitrogens with one attached hydrogen (secondary N) is 2. The van der Waals surface area contributed by atoms with Crippen molar-refractivity contribution in [3.05, 3.63) is 12.2 Å². The van der Waals surface area contributed by atoms with Gasteiger partial charge in [0, 0.05) is 26.1 Å². The van der Waals surface area contributed by atoms with Gasteiger partial charge in [-0.25, -0.2) is 0 Å². The Bertz CT molecular complexity index is 200. The first kappa shape index (κ1) is 14.2. The number of hydrogen-bond acceptors (Lipinski definition) is 2. The fourth-order valence-corrected chi connectivity index (χ4v) is 0.998. The lowest BCUT2D eigenvalue weighted by molar-refractivity contribution is -0.121. The Morgan fingerprint density at radius 3 is 2.60 bits per heavy atom. The summed E-state index contributed by atoms with van der Waals surface area (Å²) in [6.45, 7) is 12.4. The van der Waals surface area contributed by atoms with Gasteiger partial charge in [0.1, 0.15) is 0 Å². The Labute approximate surface area is 93.3 Å². The Balaban J connectivity index is 3.35. The summed E-state index contributed by atoms with van der Waals surface area (Å²) in [5, 5.41) is 6.08. The van der Waals surface area contributed by atoms with Crippen molar-refractivity contribution in [2.24, 2.45) is 5.92 Å². The van der Waals surface area contributed by atoms with E-state index >= 15 is 0 Å². The van der Waals surface area contributed by atoms with Crippen molar-refractivity contribution in [1.82, 2.24) is 10.6 Å². The average Bonchev–Trinajstić information content (AvgIpc) is 2.21. The third kappa shape index (κ3) is 9.47.